The summed E-state index contributed by atoms with van der Waals surface area (Å²) in [6.07, 6.45) is -0.477. The molecule has 8 heteroatoms. The van der Waals surface area contributed by atoms with Gasteiger partial charge in [-0.15, -0.1) is 0 Å². The first-order valence-electron chi connectivity index (χ1n) is 8.22. The molecule has 26 heavy (non-hydrogen) atoms. The number of amides is 1. The van der Waals surface area contributed by atoms with Gasteiger partial charge in [0.25, 0.3) is 0 Å². The molecule has 0 radical (unpaired) electrons. The fraction of sp³-hybridized carbons (Fsp3) is 0.389. The van der Waals surface area contributed by atoms with Crippen LogP contribution in [0, 0.1) is 0 Å². The van der Waals surface area contributed by atoms with Crippen LogP contribution in [0.15, 0.2) is 35.2 Å². The average molecular weight is 378 g/mol. The number of benzene rings is 2. The fourth-order valence-electron chi connectivity index (χ4n) is 3.21. The van der Waals surface area contributed by atoms with Crippen LogP contribution in [0.1, 0.15) is 32.3 Å². The Labute approximate surface area is 152 Å². The molecule has 140 valence electrons. The summed E-state index contributed by atoms with van der Waals surface area (Å²) >= 11 is 0. The Hall–Kier alpha value is -2.16. The van der Waals surface area contributed by atoms with E-state index in [0.29, 0.717) is 17.6 Å². The molecule has 3 rings (SSSR count). The summed E-state index contributed by atoms with van der Waals surface area (Å²) in [4.78, 5) is 14.1. The molecule has 1 atom stereocenters. The summed E-state index contributed by atoms with van der Waals surface area (Å²) < 4.78 is 28.6. The molecule has 0 aromatic heterocycles. The summed E-state index contributed by atoms with van der Waals surface area (Å²) in [6.45, 7) is 5.54. The van der Waals surface area contributed by atoms with Crippen molar-refractivity contribution in [2.45, 2.75) is 37.2 Å². The average Bonchev–Trinajstić information content (AvgIpc) is 2.91. The maximum Gasteiger partial charge on any atom is 0.414 e. The number of sulfonamides is 1. The molecule has 0 saturated heterocycles. The molecule has 1 aliphatic heterocycles. The maximum atomic E-state index is 12.5. The van der Waals surface area contributed by atoms with E-state index in [1.54, 1.807) is 39.0 Å². The minimum atomic E-state index is -3.81. The molecule has 1 amide bonds. The van der Waals surface area contributed by atoms with Gasteiger partial charge in [-0.1, -0.05) is 12.1 Å². The van der Waals surface area contributed by atoms with E-state index in [9.17, 15) is 18.3 Å². The number of primary sulfonamides is 1. The van der Waals surface area contributed by atoms with E-state index >= 15 is 0 Å². The van der Waals surface area contributed by atoms with Crippen LogP contribution in [0.2, 0.25) is 0 Å². The van der Waals surface area contributed by atoms with Crippen LogP contribution < -0.4 is 10.0 Å². The molecule has 0 fully saturated rings. The van der Waals surface area contributed by atoms with Crippen molar-refractivity contribution in [1.29, 1.82) is 0 Å². The SMILES string of the molecule is CC(C)(C)OC(=O)N1CC(CO)c2c1ccc1cc(S(N)(=O)=O)ccc21. The predicted molar refractivity (Wildman–Crippen MR) is 98.7 cm³/mol. The number of fused-ring (bicyclic) bond motifs is 3. The van der Waals surface area contributed by atoms with E-state index in [4.69, 9.17) is 9.88 Å². The number of rotatable bonds is 2. The van der Waals surface area contributed by atoms with Crippen LogP contribution in [0.5, 0.6) is 0 Å². The third-order valence-electron chi connectivity index (χ3n) is 4.27. The van der Waals surface area contributed by atoms with Crippen LogP contribution in [0.3, 0.4) is 0 Å². The Bertz CT molecular complexity index is 979. The van der Waals surface area contributed by atoms with Crippen LogP contribution in [-0.2, 0) is 14.8 Å². The number of nitrogens with two attached hydrogens (primary N) is 1. The zero-order chi connectivity index (χ0) is 19.3. The van der Waals surface area contributed by atoms with Gasteiger partial charge in [-0.3, -0.25) is 4.90 Å². The van der Waals surface area contributed by atoms with E-state index in [-0.39, 0.29) is 17.4 Å². The van der Waals surface area contributed by atoms with Crippen molar-refractivity contribution >= 4 is 32.6 Å². The number of ether oxygens (including phenoxy) is 1. The van der Waals surface area contributed by atoms with Crippen molar-refractivity contribution in [1.82, 2.24) is 0 Å². The minimum Gasteiger partial charge on any atom is -0.443 e. The Morgan fingerprint density at radius 1 is 1.31 bits per heavy atom. The minimum absolute atomic E-state index is 0.0208. The topological polar surface area (TPSA) is 110 Å². The van der Waals surface area contributed by atoms with Crippen LogP contribution in [-0.4, -0.2) is 38.4 Å². The van der Waals surface area contributed by atoms with E-state index < -0.39 is 21.7 Å². The normalized spacial score (nSPS) is 17.4. The number of hydrogen-bond donors (Lipinski definition) is 2. The van der Waals surface area contributed by atoms with Crippen molar-refractivity contribution in [2.24, 2.45) is 5.14 Å². The largest absolute Gasteiger partial charge is 0.443 e. The summed E-state index contributed by atoms with van der Waals surface area (Å²) in [5.41, 5.74) is 0.835. The molecular formula is C18H22N2O5S. The molecule has 1 unspecified atom stereocenters. The van der Waals surface area contributed by atoms with E-state index in [2.05, 4.69) is 0 Å². The predicted octanol–water partition coefficient (Wildman–Crippen LogP) is 2.32. The van der Waals surface area contributed by atoms with E-state index in [1.165, 1.54) is 17.0 Å². The lowest BCUT2D eigenvalue weighted by atomic mass is 9.95. The summed E-state index contributed by atoms with van der Waals surface area (Å²) in [6, 6.07) is 8.07. The molecule has 0 spiro atoms. The number of carbonyl (C=O) groups is 1. The van der Waals surface area contributed by atoms with Crippen LogP contribution in [0.4, 0.5) is 10.5 Å². The number of anilines is 1. The second-order valence-corrected chi connectivity index (χ2v) is 8.96. The van der Waals surface area contributed by atoms with Gasteiger partial charge in [0.15, 0.2) is 0 Å². The molecule has 2 aromatic carbocycles. The molecule has 3 N–H and O–H groups in total. The zero-order valence-electron chi connectivity index (χ0n) is 14.9. The molecule has 1 aliphatic rings. The number of carbonyl (C=O) groups excluding carboxylic acids is 1. The highest BCUT2D eigenvalue weighted by Crippen LogP contribution is 2.42. The van der Waals surface area contributed by atoms with Crippen molar-refractivity contribution in [3.05, 3.63) is 35.9 Å². The molecule has 7 nitrogen and oxygen atoms in total. The van der Waals surface area contributed by atoms with Gasteiger partial charge in [-0.2, -0.15) is 0 Å². The summed E-state index contributed by atoms with van der Waals surface area (Å²) in [7, 11) is -3.81. The number of hydrogen-bond acceptors (Lipinski definition) is 5. The fourth-order valence-corrected chi connectivity index (χ4v) is 3.76. The van der Waals surface area contributed by atoms with Gasteiger partial charge in [0, 0.05) is 12.5 Å². The van der Waals surface area contributed by atoms with Gasteiger partial charge in [-0.05, 0) is 55.3 Å². The molecule has 0 saturated carbocycles. The van der Waals surface area contributed by atoms with Gasteiger partial charge in [0.2, 0.25) is 10.0 Å². The monoisotopic (exact) mass is 378 g/mol. The number of nitrogens with zero attached hydrogens (tertiary/aromatic N) is 1. The number of aliphatic hydroxyl groups is 1. The Morgan fingerprint density at radius 2 is 2.00 bits per heavy atom. The van der Waals surface area contributed by atoms with Crippen molar-refractivity contribution < 1.29 is 23.1 Å². The van der Waals surface area contributed by atoms with Gasteiger partial charge in [0.1, 0.15) is 5.60 Å². The Kier molecular flexibility index (Phi) is 4.46. The van der Waals surface area contributed by atoms with Crippen molar-refractivity contribution in [2.75, 3.05) is 18.1 Å². The second kappa shape index (κ2) is 6.22. The first-order chi connectivity index (χ1) is 12.0. The molecule has 2 aromatic rings. The van der Waals surface area contributed by atoms with Crippen molar-refractivity contribution in [3.63, 3.8) is 0 Å². The first kappa shape index (κ1) is 18.6. The van der Waals surface area contributed by atoms with Crippen LogP contribution >= 0.6 is 0 Å². The third kappa shape index (κ3) is 3.40. The summed E-state index contributed by atoms with van der Waals surface area (Å²) in [5.74, 6) is -0.276. The van der Waals surface area contributed by atoms with Gasteiger partial charge < -0.3 is 9.84 Å². The standard InChI is InChI=1S/C18H22N2O5S/c1-18(2,3)25-17(22)20-9-12(10-21)16-14-6-5-13(26(19,23)24)8-11(14)4-7-15(16)20/h4-8,12,21H,9-10H2,1-3H3,(H2,19,23,24). The third-order valence-corrected chi connectivity index (χ3v) is 5.19. The highest BCUT2D eigenvalue weighted by atomic mass is 32.2. The van der Waals surface area contributed by atoms with Crippen molar-refractivity contribution in [3.8, 4) is 0 Å². The number of aliphatic hydroxyl groups excluding tert-OH is 1. The first-order valence-corrected chi connectivity index (χ1v) is 9.77. The maximum absolute atomic E-state index is 12.5. The quantitative estimate of drug-likeness (QED) is 0.833. The highest BCUT2D eigenvalue weighted by molar-refractivity contribution is 7.89. The molecular weight excluding hydrogens is 356 g/mol. The molecule has 1 heterocycles. The highest BCUT2D eigenvalue weighted by Gasteiger charge is 2.35. The van der Waals surface area contributed by atoms with E-state index in [0.717, 1.165) is 10.9 Å². The van der Waals surface area contributed by atoms with Gasteiger partial charge in [0.05, 0.1) is 17.2 Å². The smallest absolute Gasteiger partial charge is 0.414 e. The van der Waals surface area contributed by atoms with E-state index in [1.807, 2.05) is 0 Å². The second-order valence-electron chi connectivity index (χ2n) is 7.40. The lowest BCUT2D eigenvalue weighted by Gasteiger charge is -2.25. The van der Waals surface area contributed by atoms with Gasteiger partial charge in [-0.25, -0.2) is 18.4 Å². The molecule has 0 aliphatic carbocycles. The lowest BCUT2D eigenvalue weighted by Crippen LogP contribution is -2.36. The zero-order valence-corrected chi connectivity index (χ0v) is 15.7. The van der Waals surface area contributed by atoms with Crippen LogP contribution in [0.25, 0.3) is 10.8 Å². The Balaban J connectivity index is 2.11. The van der Waals surface area contributed by atoms with Gasteiger partial charge >= 0.3 is 6.09 Å². The Morgan fingerprint density at radius 3 is 2.58 bits per heavy atom. The lowest BCUT2D eigenvalue weighted by molar-refractivity contribution is 0.0581. The summed E-state index contributed by atoms with van der Waals surface area (Å²) in [5, 5.41) is 16.4. The molecule has 0 bridgehead atoms.